The number of rotatable bonds is 6. The number of nitrogens with zero attached hydrogens (tertiary/aromatic N) is 2. The van der Waals surface area contributed by atoms with Crippen molar-refractivity contribution in [2.24, 2.45) is 5.41 Å². The molecule has 6 heteroatoms. The van der Waals surface area contributed by atoms with E-state index in [0.717, 1.165) is 18.1 Å². The predicted molar refractivity (Wildman–Crippen MR) is 83.3 cm³/mol. The van der Waals surface area contributed by atoms with E-state index in [0.29, 0.717) is 23.3 Å². The number of aromatic nitrogens is 3. The van der Waals surface area contributed by atoms with Crippen molar-refractivity contribution in [3.05, 3.63) is 10.5 Å². The SMILES string of the molecule is CCCNC1C(Sc2n[nH]c(=O)n2CC)CCC1(C)C. The highest BCUT2D eigenvalue weighted by Gasteiger charge is 2.42. The van der Waals surface area contributed by atoms with Crippen LogP contribution in [0.5, 0.6) is 0 Å². The fourth-order valence-electron chi connectivity index (χ4n) is 2.98. The van der Waals surface area contributed by atoms with E-state index in [1.165, 1.54) is 12.8 Å². The minimum Gasteiger partial charge on any atom is -0.312 e. The van der Waals surface area contributed by atoms with Gasteiger partial charge in [0, 0.05) is 17.8 Å². The summed E-state index contributed by atoms with van der Waals surface area (Å²) < 4.78 is 1.72. The van der Waals surface area contributed by atoms with Crippen LogP contribution < -0.4 is 11.0 Å². The van der Waals surface area contributed by atoms with E-state index in [2.05, 4.69) is 36.3 Å². The maximum atomic E-state index is 11.6. The first-order valence-electron chi connectivity index (χ1n) is 7.54. The summed E-state index contributed by atoms with van der Waals surface area (Å²) in [6.45, 7) is 10.6. The van der Waals surface area contributed by atoms with Crippen LogP contribution in [0.3, 0.4) is 0 Å². The lowest BCUT2D eigenvalue weighted by molar-refractivity contribution is 0.287. The summed E-state index contributed by atoms with van der Waals surface area (Å²) in [7, 11) is 0. The number of hydrogen-bond donors (Lipinski definition) is 2. The Labute approximate surface area is 124 Å². The molecular formula is C14H26N4OS. The van der Waals surface area contributed by atoms with Crippen LogP contribution in [0, 0.1) is 5.41 Å². The van der Waals surface area contributed by atoms with Gasteiger partial charge in [-0.15, -0.1) is 5.10 Å². The largest absolute Gasteiger partial charge is 0.343 e. The quantitative estimate of drug-likeness (QED) is 0.845. The molecular weight excluding hydrogens is 272 g/mol. The first kappa shape index (κ1) is 15.6. The topological polar surface area (TPSA) is 62.7 Å². The first-order valence-corrected chi connectivity index (χ1v) is 8.42. The maximum absolute atomic E-state index is 11.6. The van der Waals surface area contributed by atoms with Crippen LogP contribution in [0.25, 0.3) is 0 Å². The van der Waals surface area contributed by atoms with Gasteiger partial charge in [-0.3, -0.25) is 4.57 Å². The molecule has 5 nitrogen and oxygen atoms in total. The highest BCUT2D eigenvalue weighted by atomic mass is 32.2. The van der Waals surface area contributed by atoms with Gasteiger partial charge in [-0.25, -0.2) is 9.89 Å². The van der Waals surface area contributed by atoms with E-state index in [9.17, 15) is 4.79 Å². The molecule has 0 aliphatic heterocycles. The van der Waals surface area contributed by atoms with Gasteiger partial charge in [0.1, 0.15) is 0 Å². The summed E-state index contributed by atoms with van der Waals surface area (Å²) in [5.74, 6) is 0. The van der Waals surface area contributed by atoms with Crippen LogP contribution in [0.2, 0.25) is 0 Å². The predicted octanol–water partition coefficient (Wildman–Crippen LogP) is 2.24. The third-order valence-electron chi connectivity index (χ3n) is 4.20. The molecule has 2 atom stereocenters. The molecule has 2 unspecified atom stereocenters. The fourth-order valence-corrected chi connectivity index (χ4v) is 4.53. The number of nitrogens with one attached hydrogen (secondary N) is 2. The van der Waals surface area contributed by atoms with Crippen molar-refractivity contribution in [1.29, 1.82) is 0 Å². The Morgan fingerprint density at radius 2 is 2.25 bits per heavy atom. The van der Waals surface area contributed by atoms with Crippen LogP contribution in [-0.4, -0.2) is 32.6 Å². The summed E-state index contributed by atoms with van der Waals surface area (Å²) >= 11 is 1.74. The van der Waals surface area contributed by atoms with Crippen molar-refractivity contribution in [1.82, 2.24) is 20.1 Å². The highest BCUT2D eigenvalue weighted by molar-refractivity contribution is 7.99. The molecule has 2 N–H and O–H groups in total. The van der Waals surface area contributed by atoms with Gasteiger partial charge >= 0.3 is 5.69 Å². The second-order valence-corrected chi connectivity index (χ2v) is 7.38. The van der Waals surface area contributed by atoms with Crippen molar-refractivity contribution < 1.29 is 0 Å². The Bertz CT molecular complexity index is 494. The summed E-state index contributed by atoms with van der Waals surface area (Å²) in [6, 6.07) is 0.476. The number of thioether (sulfide) groups is 1. The molecule has 0 aromatic carbocycles. The van der Waals surface area contributed by atoms with E-state index in [1.54, 1.807) is 16.3 Å². The fraction of sp³-hybridized carbons (Fsp3) is 0.857. The minimum absolute atomic E-state index is 0.106. The molecule has 1 aliphatic rings. The van der Waals surface area contributed by atoms with Crippen molar-refractivity contribution in [3.8, 4) is 0 Å². The lowest BCUT2D eigenvalue weighted by Crippen LogP contribution is -2.43. The van der Waals surface area contributed by atoms with Crippen LogP contribution in [0.4, 0.5) is 0 Å². The highest BCUT2D eigenvalue weighted by Crippen LogP contribution is 2.44. The molecule has 0 amide bonds. The summed E-state index contributed by atoms with van der Waals surface area (Å²) in [5, 5.41) is 11.7. The van der Waals surface area contributed by atoms with E-state index < -0.39 is 0 Å². The zero-order valence-electron chi connectivity index (χ0n) is 12.9. The van der Waals surface area contributed by atoms with Gasteiger partial charge in [-0.1, -0.05) is 32.5 Å². The van der Waals surface area contributed by atoms with Crippen LogP contribution in [0.15, 0.2) is 9.95 Å². The van der Waals surface area contributed by atoms with Crippen LogP contribution in [0.1, 0.15) is 47.0 Å². The summed E-state index contributed by atoms with van der Waals surface area (Å²) in [4.78, 5) is 11.6. The first-order chi connectivity index (χ1) is 9.49. The minimum atomic E-state index is -0.106. The molecule has 1 aromatic heterocycles. The molecule has 0 spiro atoms. The van der Waals surface area contributed by atoms with Gasteiger partial charge in [0.15, 0.2) is 5.16 Å². The molecule has 114 valence electrons. The maximum Gasteiger partial charge on any atom is 0.343 e. The van der Waals surface area contributed by atoms with E-state index >= 15 is 0 Å². The van der Waals surface area contributed by atoms with E-state index in [1.807, 2.05) is 6.92 Å². The second-order valence-electron chi connectivity index (χ2n) is 6.17. The molecule has 0 bridgehead atoms. The van der Waals surface area contributed by atoms with Gasteiger partial charge < -0.3 is 5.32 Å². The van der Waals surface area contributed by atoms with Gasteiger partial charge in [0.25, 0.3) is 0 Å². The Kier molecular flexibility index (Phi) is 4.96. The Morgan fingerprint density at radius 1 is 1.50 bits per heavy atom. The summed E-state index contributed by atoms with van der Waals surface area (Å²) in [6.07, 6.45) is 3.53. The van der Waals surface area contributed by atoms with Gasteiger partial charge in [0.05, 0.1) is 0 Å². The third kappa shape index (κ3) is 3.11. The smallest absolute Gasteiger partial charge is 0.312 e. The molecule has 20 heavy (non-hydrogen) atoms. The Hall–Kier alpha value is -0.750. The Morgan fingerprint density at radius 3 is 2.90 bits per heavy atom. The normalized spacial score (nSPS) is 25.2. The molecule has 1 aliphatic carbocycles. The Balaban J connectivity index is 2.13. The van der Waals surface area contributed by atoms with Gasteiger partial charge in [-0.2, -0.15) is 0 Å². The van der Waals surface area contributed by atoms with Crippen molar-refractivity contribution in [3.63, 3.8) is 0 Å². The molecule has 0 saturated heterocycles. The molecule has 1 heterocycles. The second kappa shape index (κ2) is 6.35. The third-order valence-corrected chi connectivity index (χ3v) is 5.53. The summed E-state index contributed by atoms with van der Waals surface area (Å²) in [5.41, 5.74) is 0.200. The van der Waals surface area contributed by atoms with E-state index in [4.69, 9.17) is 0 Å². The average molecular weight is 298 g/mol. The van der Waals surface area contributed by atoms with Gasteiger partial charge in [-0.05, 0) is 38.1 Å². The zero-order valence-corrected chi connectivity index (χ0v) is 13.7. The number of aromatic amines is 1. The van der Waals surface area contributed by atoms with E-state index in [-0.39, 0.29) is 5.69 Å². The van der Waals surface area contributed by atoms with Crippen molar-refractivity contribution >= 4 is 11.8 Å². The average Bonchev–Trinajstić information content (AvgIpc) is 2.89. The van der Waals surface area contributed by atoms with Crippen LogP contribution >= 0.6 is 11.8 Å². The van der Waals surface area contributed by atoms with Crippen molar-refractivity contribution in [2.75, 3.05) is 6.54 Å². The van der Waals surface area contributed by atoms with Crippen molar-refractivity contribution in [2.45, 2.75) is 70.0 Å². The molecule has 2 rings (SSSR count). The monoisotopic (exact) mass is 298 g/mol. The zero-order chi connectivity index (χ0) is 14.8. The molecule has 0 radical (unpaired) electrons. The molecule has 1 fully saturated rings. The lowest BCUT2D eigenvalue weighted by atomic mass is 9.87. The lowest BCUT2D eigenvalue weighted by Gasteiger charge is -2.31. The van der Waals surface area contributed by atoms with Crippen LogP contribution in [-0.2, 0) is 6.54 Å². The number of H-pyrrole nitrogens is 1. The standard InChI is InChI=1S/C14H26N4OS/c1-5-9-15-11-10(7-8-14(11,3)4)20-13-17-16-12(19)18(13)6-2/h10-11,15H,5-9H2,1-4H3,(H,16,19). The molecule has 1 aromatic rings. The van der Waals surface area contributed by atoms with Gasteiger partial charge in [0.2, 0.25) is 0 Å². The number of hydrogen-bond acceptors (Lipinski definition) is 4. The molecule has 1 saturated carbocycles.